The third kappa shape index (κ3) is 6.78. The van der Waals surface area contributed by atoms with Gasteiger partial charge < -0.3 is 18.9 Å². The zero-order valence-electron chi connectivity index (χ0n) is 19.8. The van der Waals surface area contributed by atoms with E-state index in [1.54, 1.807) is 66.7 Å². The standard InChI is InChI=1S/C28H26ClNO5/c1-4-32-25-16-21(17-26(33-5-2)27(25)34-6-3)28(31)35-24-13-7-19(8-14-24)15-22(18-30)20-9-11-23(29)12-10-20/h7-17H,4-6H2,1-3H3/b22-15-. The maximum absolute atomic E-state index is 12.9. The molecule has 6 nitrogen and oxygen atoms in total. The Morgan fingerprint density at radius 2 is 1.43 bits per heavy atom. The number of hydrogen-bond donors (Lipinski definition) is 0. The maximum Gasteiger partial charge on any atom is 0.343 e. The lowest BCUT2D eigenvalue weighted by molar-refractivity contribution is 0.0733. The quantitative estimate of drug-likeness (QED) is 0.134. The van der Waals surface area contributed by atoms with Crippen molar-refractivity contribution >= 4 is 29.2 Å². The summed E-state index contributed by atoms with van der Waals surface area (Å²) in [5.41, 5.74) is 2.32. The molecule has 0 aromatic heterocycles. The van der Waals surface area contributed by atoms with Crippen molar-refractivity contribution in [2.45, 2.75) is 20.8 Å². The molecular formula is C28H26ClNO5. The first-order valence-corrected chi connectivity index (χ1v) is 11.6. The second-order valence-corrected chi connectivity index (χ2v) is 7.67. The molecule has 0 heterocycles. The second-order valence-electron chi connectivity index (χ2n) is 7.24. The van der Waals surface area contributed by atoms with Gasteiger partial charge in [0.1, 0.15) is 5.75 Å². The van der Waals surface area contributed by atoms with Crippen LogP contribution in [0.5, 0.6) is 23.0 Å². The van der Waals surface area contributed by atoms with Crippen LogP contribution in [-0.2, 0) is 0 Å². The number of halogens is 1. The summed E-state index contributed by atoms with van der Waals surface area (Å²) >= 11 is 5.93. The summed E-state index contributed by atoms with van der Waals surface area (Å²) in [6, 6.07) is 19.3. The van der Waals surface area contributed by atoms with E-state index in [1.807, 2.05) is 20.8 Å². The van der Waals surface area contributed by atoms with Gasteiger partial charge in [-0.2, -0.15) is 5.26 Å². The Hall–Kier alpha value is -3.95. The van der Waals surface area contributed by atoms with Crippen LogP contribution in [0.25, 0.3) is 11.6 Å². The summed E-state index contributed by atoms with van der Waals surface area (Å²) in [7, 11) is 0. The SMILES string of the molecule is CCOc1cc(C(=O)Oc2ccc(/C=C(/C#N)c3ccc(Cl)cc3)cc2)cc(OCC)c1OCC. The maximum atomic E-state index is 12.9. The fourth-order valence-electron chi connectivity index (χ4n) is 3.28. The van der Waals surface area contributed by atoms with Gasteiger partial charge in [-0.1, -0.05) is 35.9 Å². The third-order valence-electron chi connectivity index (χ3n) is 4.82. The molecule has 0 atom stereocenters. The fourth-order valence-corrected chi connectivity index (χ4v) is 3.41. The van der Waals surface area contributed by atoms with Crippen LogP contribution in [0, 0.1) is 11.3 Å². The molecule has 0 aliphatic carbocycles. The summed E-state index contributed by atoms with van der Waals surface area (Å²) in [6.45, 7) is 6.79. The highest BCUT2D eigenvalue weighted by molar-refractivity contribution is 6.30. The molecule has 0 N–H and O–H groups in total. The van der Waals surface area contributed by atoms with Gasteiger partial charge in [-0.3, -0.25) is 0 Å². The molecule has 0 amide bonds. The molecule has 0 saturated carbocycles. The van der Waals surface area contributed by atoms with Gasteiger partial charge in [0.2, 0.25) is 5.75 Å². The van der Waals surface area contributed by atoms with E-state index in [-0.39, 0.29) is 5.56 Å². The molecule has 3 aromatic rings. The van der Waals surface area contributed by atoms with E-state index in [0.29, 0.717) is 53.4 Å². The Bertz CT molecular complexity index is 1200. The van der Waals surface area contributed by atoms with Crippen molar-refractivity contribution < 1.29 is 23.7 Å². The molecule has 0 unspecified atom stereocenters. The Labute approximate surface area is 210 Å². The van der Waals surface area contributed by atoms with Gasteiger partial charge in [0.15, 0.2) is 11.5 Å². The first kappa shape index (κ1) is 25.7. The molecule has 0 bridgehead atoms. The monoisotopic (exact) mass is 491 g/mol. The van der Waals surface area contributed by atoms with Crippen LogP contribution in [0.1, 0.15) is 42.3 Å². The predicted octanol–water partition coefficient (Wildman–Crippen LogP) is 6.82. The molecule has 3 aromatic carbocycles. The number of rotatable bonds is 10. The van der Waals surface area contributed by atoms with E-state index in [1.165, 1.54) is 0 Å². The third-order valence-corrected chi connectivity index (χ3v) is 5.07. The number of ether oxygens (including phenoxy) is 4. The largest absolute Gasteiger partial charge is 0.490 e. The van der Waals surface area contributed by atoms with E-state index in [4.69, 9.17) is 30.5 Å². The topological polar surface area (TPSA) is 77.8 Å². The minimum absolute atomic E-state index is 0.277. The first-order valence-electron chi connectivity index (χ1n) is 11.2. The number of hydrogen-bond acceptors (Lipinski definition) is 6. The summed E-state index contributed by atoms with van der Waals surface area (Å²) < 4.78 is 22.6. The van der Waals surface area contributed by atoms with Crippen LogP contribution in [0.4, 0.5) is 0 Å². The lowest BCUT2D eigenvalue weighted by atomic mass is 10.0. The fraction of sp³-hybridized carbons (Fsp3) is 0.214. The van der Waals surface area contributed by atoms with Crippen LogP contribution in [0.15, 0.2) is 60.7 Å². The first-order chi connectivity index (χ1) is 17.0. The van der Waals surface area contributed by atoms with Crippen molar-refractivity contribution in [1.82, 2.24) is 0 Å². The average molecular weight is 492 g/mol. The Balaban J connectivity index is 1.81. The molecule has 0 spiro atoms. The Morgan fingerprint density at radius 3 is 1.94 bits per heavy atom. The molecule has 0 aliphatic heterocycles. The Kier molecular flexibility index (Phi) is 9.16. The highest BCUT2D eigenvalue weighted by Crippen LogP contribution is 2.39. The van der Waals surface area contributed by atoms with Gasteiger partial charge in [-0.15, -0.1) is 0 Å². The number of carbonyl (C=O) groups excluding carboxylic acids is 1. The molecular weight excluding hydrogens is 466 g/mol. The summed E-state index contributed by atoms with van der Waals surface area (Å²) in [5.74, 6) is 1.09. The van der Waals surface area contributed by atoms with E-state index in [9.17, 15) is 10.1 Å². The minimum Gasteiger partial charge on any atom is -0.490 e. The number of esters is 1. The van der Waals surface area contributed by atoms with E-state index < -0.39 is 5.97 Å². The van der Waals surface area contributed by atoms with Crippen molar-refractivity contribution in [3.63, 3.8) is 0 Å². The van der Waals surface area contributed by atoms with Crippen LogP contribution in [0.2, 0.25) is 5.02 Å². The minimum atomic E-state index is -0.558. The van der Waals surface area contributed by atoms with Gasteiger partial charge in [-0.05, 0) is 74.4 Å². The van der Waals surface area contributed by atoms with Crippen LogP contribution < -0.4 is 18.9 Å². The number of carbonyl (C=O) groups is 1. The molecule has 0 radical (unpaired) electrons. The second kappa shape index (κ2) is 12.5. The number of nitriles is 1. The molecule has 0 saturated heterocycles. The smallest absolute Gasteiger partial charge is 0.343 e. The van der Waals surface area contributed by atoms with Crippen LogP contribution in [-0.4, -0.2) is 25.8 Å². The number of benzene rings is 3. The summed E-state index contributed by atoms with van der Waals surface area (Å²) in [5, 5.41) is 10.1. The van der Waals surface area contributed by atoms with Crippen molar-refractivity contribution in [3.8, 4) is 29.1 Å². The van der Waals surface area contributed by atoms with Gasteiger partial charge in [0.05, 0.1) is 37.0 Å². The molecule has 180 valence electrons. The zero-order chi connectivity index (χ0) is 25.2. The van der Waals surface area contributed by atoms with Gasteiger partial charge >= 0.3 is 5.97 Å². The lowest BCUT2D eigenvalue weighted by Gasteiger charge is -2.16. The number of allylic oxidation sites excluding steroid dienone is 1. The highest BCUT2D eigenvalue weighted by atomic mass is 35.5. The van der Waals surface area contributed by atoms with E-state index in [2.05, 4.69) is 6.07 Å². The van der Waals surface area contributed by atoms with Gasteiger partial charge in [-0.25, -0.2) is 4.79 Å². The molecule has 0 aliphatic rings. The van der Waals surface area contributed by atoms with E-state index in [0.717, 1.165) is 11.1 Å². The zero-order valence-corrected chi connectivity index (χ0v) is 20.6. The average Bonchev–Trinajstić information content (AvgIpc) is 2.86. The van der Waals surface area contributed by atoms with E-state index >= 15 is 0 Å². The van der Waals surface area contributed by atoms with Crippen LogP contribution in [0.3, 0.4) is 0 Å². The Morgan fingerprint density at radius 1 is 0.857 bits per heavy atom. The molecule has 35 heavy (non-hydrogen) atoms. The lowest BCUT2D eigenvalue weighted by Crippen LogP contribution is -2.11. The molecule has 0 fully saturated rings. The van der Waals surface area contributed by atoms with Gasteiger partial charge in [0, 0.05) is 5.02 Å². The summed E-state index contributed by atoms with van der Waals surface area (Å²) in [4.78, 5) is 12.9. The molecule has 7 heteroatoms. The predicted molar refractivity (Wildman–Crippen MR) is 136 cm³/mol. The summed E-state index contributed by atoms with van der Waals surface area (Å²) in [6.07, 6.45) is 1.75. The van der Waals surface area contributed by atoms with Gasteiger partial charge in [0.25, 0.3) is 0 Å². The number of nitrogens with zero attached hydrogens (tertiary/aromatic N) is 1. The van der Waals surface area contributed by atoms with Crippen LogP contribution >= 0.6 is 11.6 Å². The van der Waals surface area contributed by atoms with Crippen molar-refractivity contribution in [3.05, 3.63) is 82.4 Å². The highest BCUT2D eigenvalue weighted by Gasteiger charge is 2.19. The van der Waals surface area contributed by atoms with Crippen molar-refractivity contribution in [2.75, 3.05) is 19.8 Å². The van der Waals surface area contributed by atoms with Crippen molar-refractivity contribution in [1.29, 1.82) is 5.26 Å². The van der Waals surface area contributed by atoms with Crippen molar-refractivity contribution in [2.24, 2.45) is 0 Å². The molecule has 3 rings (SSSR count). The normalized spacial score (nSPS) is 10.9.